The first-order valence-electron chi connectivity index (χ1n) is 9.87. The van der Waals surface area contributed by atoms with Gasteiger partial charge in [0, 0.05) is 13.1 Å². The van der Waals surface area contributed by atoms with Crippen LogP contribution >= 0.6 is 0 Å². The lowest BCUT2D eigenvalue weighted by Crippen LogP contribution is -2.49. The molecule has 2 aromatic carbocycles. The van der Waals surface area contributed by atoms with Crippen molar-refractivity contribution in [3.63, 3.8) is 0 Å². The molecule has 0 radical (unpaired) electrons. The van der Waals surface area contributed by atoms with Crippen LogP contribution in [0, 0.1) is 11.3 Å². The Kier molecular flexibility index (Phi) is 7.60. The first kappa shape index (κ1) is 20.1. The molecule has 146 valence electrons. The molecule has 0 aromatic heterocycles. The minimum absolute atomic E-state index is 0.137. The maximum Gasteiger partial charge on any atom is 0.236 e. The van der Waals surface area contributed by atoms with Crippen molar-refractivity contribution >= 4 is 5.91 Å². The predicted molar refractivity (Wildman–Crippen MR) is 108 cm³/mol. The van der Waals surface area contributed by atoms with Gasteiger partial charge >= 0.3 is 0 Å². The Morgan fingerprint density at radius 2 is 1.89 bits per heavy atom. The molecule has 1 amide bonds. The number of amides is 1. The Morgan fingerprint density at radius 1 is 1.11 bits per heavy atom. The van der Waals surface area contributed by atoms with Crippen molar-refractivity contribution in [2.24, 2.45) is 0 Å². The highest BCUT2D eigenvalue weighted by atomic mass is 16.5. The van der Waals surface area contributed by atoms with Gasteiger partial charge in [-0.2, -0.15) is 5.26 Å². The normalized spacial score (nSPS) is 16.5. The molecule has 1 fully saturated rings. The lowest BCUT2D eigenvalue weighted by Gasteiger charge is -2.35. The summed E-state index contributed by atoms with van der Waals surface area (Å²) in [5, 5.41) is 12.1. The lowest BCUT2D eigenvalue weighted by molar-refractivity contribution is -0.135. The maximum atomic E-state index is 12.7. The zero-order valence-electron chi connectivity index (χ0n) is 16.1. The van der Waals surface area contributed by atoms with Crippen molar-refractivity contribution in [3.05, 3.63) is 71.3 Å². The number of carbonyl (C=O) groups is 1. The van der Waals surface area contributed by atoms with E-state index in [1.807, 2.05) is 35.2 Å². The molecule has 5 nitrogen and oxygen atoms in total. The van der Waals surface area contributed by atoms with Gasteiger partial charge in [0.1, 0.15) is 0 Å². The number of piperidine rings is 1. The van der Waals surface area contributed by atoms with Crippen molar-refractivity contribution in [1.29, 1.82) is 5.26 Å². The summed E-state index contributed by atoms with van der Waals surface area (Å²) in [5.41, 5.74) is 2.87. The molecule has 28 heavy (non-hydrogen) atoms. The van der Waals surface area contributed by atoms with E-state index in [1.54, 1.807) is 12.1 Å². The third-order valence-corrected chi connectivity index (χ3v) is 5.06. The van der Waals surface area contributed by atoms with E-state index in [0.717, 1.165) is 31.4 Å². The summed E-state index contributed by atoms with van der Waals surface area (Å²) in [5.74, 6) is 0.141. The van der Waals surface area contributed by atoms with Crippen LogP contribution in [0.2, 0.25) is 0 Å². The van der Waals surface area contributed by atoms with Crippen molar-refractivity contribution in [2.75, 3.05) is 19.7 Å². The van der Waals surface area contributed by atoms with Crippen LogP contribution in [0.15, 0.2) is 54.6 Å². The van der Waals surface area contributed by atoms with Crippen molar-refractivity contribution in [3.8, 4) is 6.07 Å². The van der Waals surface area contributed by atoms with Crippen LogP contribution in [-0.4, -0.2) is 36.5 Å². The van der Waals surface area contributed by atoms with Crippen LogP contribution in [0.4, 0.5) is 0 Å². The largest absolute Gasteiger partial charge is 0.375 e. The molecule has 2 aromatic rings. The van der Waals surface area contributed by atoms with Gasteiger partial charge in [0.05, 0.1) is 37.4 Å². The number of nitriles is 1. The molecule has 5 heteroatoms. The topological polar surface area (TPSA) is 65.4 Å². The average molecular weight is 377 g/mol. The molecule has 1 saturated heterocycles. The van der Waals surface area contributed by atoms with Gasteiger partial charge in [0.25, 0.3) is 0 Å². The van der Waals surface area contributed by atoms with E-state index in [1.165, 1.54) is 5.56 Å². The van der Waals surface area contributed by atoms with Gasteiger partial charge < -0.3 is 15.0 Å². The van der Waals surface area contributed by atoms with Gasteiger partial charge in [0.2, 0.25) is 5.91 Å². The number of benzene rings is 2. The van der Waals surface area contributed by atoms with Gasteiger partial charge in [-0.25, -0.2) is 0 Å². The number of likely N-dealkylation sites (tertiary alicyclic amines) is 1. The molecule has 0 aliphatic carbocycles. The standard InChI is InChI=1S/C23H27N3O2/c24-14-19-9-11-21(12-10-19)17-28-18-22-8-4-5-13-26(22)23(27)16-25-15-20-6-2-1-3-7-20/h1-3,6-7,9-12,22,25H,4-5,8,13,15-18H2. The molecule has 0 spiro atoms. The number of rotatable bonds is 8. The van der Waals surface area contributed by atoms with Gasteiger partial charge in [-0.1, -0.05) is 42.5 Å². The smallest absolute Gasteiger partial charge is 0.236 e. The SMILES string of the molecule is N#Cc1ccc(COCC2CCCCN2C(=O)CNCc2ccccc2)cc1. The number of ether oxygens (including phenoxy) is 1. The Balaban J connectivity index is 1.44. The highest BCUT2D eigenvalue weighted by Crippen LogP contribution is 2.18. The minimum atomic E-state index is 0.137. The fourth-order valence-corrected chi connectivity index (χ4v) is 3.50. The Labute approximate surface area is 166 Å². The monoisotopic (exact) mass is 377 g/mol. The third kappa shape index (κ3) is 5.91. The fourth-order valence-electron chi connectivity index (χ4n) is 3.50. The quantitative estimate of drug-likeness (QED) is 0.767. The highest BCUT2D eigenvalue weighted by Gasteiger charge is 2.26. The third-order valence-electron chi connectivity index (χ3n) is 5.06. The molecule has 1 aliphatic rings. The molecule has 0 bridgehead atoms. The molecule has 1 N–H and O–H groups in total. The molecule has 1 atom stereocenters. The lowest BCUT2D eigenvalue weighted by atomic mass is 10.0. The molecular formula is C23H27N3O2. The fraction of sp³-hybridized carbons (Fsp3) is 0.391. The number of carbonyl (C=O) groups excluding carboxylic acids is 1. The molecule has 1 aliphatic heterocycles. The van der Waals surface area contributed by atoms with E-state index in [4.69, 9.17) is 10.00 Å². The second-order valence-electron chi connectivity index (χ2n) is 7.15. The Morgan fingerprint density at radius 3 is 2.64 bits per heavy atom. The van der Waals surface area contributed by atoms with Crippen LogP contribution in [0.5, 0.6) is 0 Å². The van der Waals surface area contributed by atoms with Gasteiger partial charge in [-0.3, -0.25) is 4.79 Å². The number of hydrogen-bond donors (Lipinski definition) is 1. The maximum absolute atomic E-state index is 12.7. The van der Waals surface area contributed by atoms with Gasteiger partial charge in [-0.15, -0.1) is 0 Å². The molecule has 3 rings (SSSR count). The van der Waals surface area contributed by atoms with E-state index in [0.29, 0.717) is 31.9 Å². The van der Waals surface area contributed by atoms with Crippen LogP contribution in [-0.2, 0) is 22.7 Å². The van der Waals surface area contributed by atoms with Crippen molar-refractivity contribution in [1.82, 2.24) is 10.2 Å². The Bertz CT molecular complexity index is 784. The summed E-state index contributed by atoms with van der Waals surface area (Å²) < 4.78 is 5.89. The molecular weight excluding hydrogens is 350 g/mol. The van der Waals surface area contributed by atoms with Crippen LogP contribution in [0.3, 0.4) is 0 Å². The second kappa shape index (κ2) is 10.6. The minimum Gasteiger partial charge on any atom is -0.375 e. The van der Waals surface area contributed by atoms with Crippen LogP contribution in [0.1, 0.15) is 36.0 Å². The van der Waals surface area contributed by atoms with E-state index >= 15 is 0 Å². The zero-order chi connectivity index (χ0) is 19.6. The summed E-state index contributed by atoms with van der Waals surface area (Å²) in [6.45, 7) is 2.89. The number of nitrogens with one attached hydrogen (secondary N) is 1. The highest BCUT2D eigenvalue weighted by molar-refractivity contribution is 5.78. The number of nitrogens with zero attached hydrogens (tertiary/aromatic N) is 2. The molecule has 1 unspecified atom stereocenters. The first-order valence-corrected chi connectivity index (χ1v) is 9.87. The zero-order valence-corrected chi connectivity index (χ0v) is 16.1. The van der Waals surface area contributed by atoms with E-state index in [2.05, 4.69) is 23.5 Å². The van der Waals surface area contributed by atoms with Crippen molar-refractivity contribution < 1.29 is 9.53 Å². The van der Waals surface area contributed by atoms with Crippen LogP contribution in [0.25, 0.3) is 0 Å². The predicted octanol–water partition coefficient (Wildman–Crippen LogP) is 3.25. The van der Waals surface area contributed by atoms with E-state index in [-0.39, 0.29) is 11.9 Å². The number of hydrogen-bond acceptors (Lipinski definition) is 4. The van der Waals surface area contributed by atoms with E-state index < -0.39 is 0 Å². The molecule has 0 saturated carbocycles. The summed E-state index contributed by atoms with van der Waals surface area (Å²) in [6.07, 6.45) is 3.17. The summed E-state index contributed by atoms with van der Waals surface area (Å²) in [6, 6.07) is 19.8. The van der Waals surface area contributed by atoms with E-state index in [9.17, 15) is 4.79 Å². The van der Waals surface area contributed by atoms with Crippen LogP contribution < -0.4 is 5.32 Å². The second-order valence-corrected chi connectivity index (χ2v) is 7.15. The average Bonchev–Trinajstić information content (AvgIpc) is 2.75. The molecule has 1 heterocycles. The Hall–Kier alpha value is -2.68. The summed E-state index contributed by atoms with van der Waals surface area (Å²) in [7, 11) is 0. The van der Waals surface area contributed by atoms with Gasteiger partial charge in [-0.05, 0) is 42.5 Å². The summed E-state index contributed by atoms with van der Waals surface area (Å²) >= 11 is 0. The van der Waals surface area contributed by atoms with Crippen molar-refractivity contribution in [2.45, 2.75) is 38.5 Å². The van der Waals surface area contributed by atoms with Gasteiger partial charge in [0.15, 0.2) is 0 Å². The summed E-state index contributed by atoms with van der Waals surface area (Å²) in [4.78, 5) is 14.7. The first-order chi connectivity index (χ1) is 13.8.